The van der Waals surface area contributed by atoms with Crippen molar-refractivity contribution in [2.45, 2.75) is 59.5 Å². The number of nitrogens with one attached hydrogen (secondary N) is 1. The number of carbonyl (C=O) groups excluding carboxylic acids is 2. The fraction of sp³-hybridized carbons (Fsp3) is 0.417. The molecular formula is C24H31BrN2O2. The highest BCUT2D eigenvalue weighted by Gasteiger charge is 2.26. The minimum atomic E-state index is -0.534. The maximum absolute atomic E-state index is 13.3. The number of benzene rings is 2. The molecule has 2 amide bonds. The molecule has 0 aliphatic rings. The van der Waals surface area contributed by atoms with Crippen molar-refractivity contribution in [2.24, 2.45) is 0 Å². The molecule has 0 aliphatic carbocycles. The maximum Gasteiger partial charge on any atom is 0.242 e. The minimum Gasteiger partial charge on any atom is -0.354 e. The summed E-state index contributed by atoms with van der Waals surface area (Å²) in [6.07, 6.45) is 2.24. The maximum atomic E-state index is 13.3. The van der Waals surface area contributed by atoms with Crippen LogP contribution in [0.2, 0.25) is 0 Å². The summed E-state index contributed by atoms with van der Waals surface area (Å²) in [6.45, 7) is 8.97. The second-order valence-electron chi connectivity index (χ2n) is 7.58. The molecule has 2 rings (SSSR count). The fourth-order valence-corrected chi connectivity index (χ4v) is 3.42. The Morgan fingerprint density at radius 1 is 1.10 bits per heavy atom. The number of rotatable bonds is 9. The largest absolute Gasteiger partial charge is 0.354 e. The zero-order valence-electron chi connectivity index (χ0n) is 17.8. The van der Waals surface area contributed by atoms with E-state index in [0.717, 1.165) is 39.6 Å². The van der Waals surface area contributed by atoms with Gasteiger partial charge in [0, 0.05) is 17.6 Å². The Hall–Kier alpha value is -2.14. The molecule has 0 spiro atoms. The summed E-state index contributed by atoms with van der Waals surface area (Å²) in [6, 6.07) is 13.5. The summed E-state index contributed by atoms with van der Waals surface area (Å²) in [5.41, 5.74) is 4.22. The van der Waals surface area contributed by atoms with E-state index in [1.165, 1.54) is 0 Å². The average Bonchev–Trinajstić information content (AvgIpc) is 2.69. The van der Waals surface area contributed by atoms with Crippen LogP contribution in [0.5, 0.6) is 0 Å². The number of hydrogen-bond acceptors (Lipinski definition) is 2. The van der Waals surface area contributed by atoms with Gasteiger partial charge in [0.2, 0.25) is 11.8 Å². The van der Waals surface area contributed by atoms with Gasteiger partial charge in [-0.05, 0) is 56.0 Å². The van der Waals surface area contributed by atoms with Crippen LogP contribution in [0.15, 0.2) is 46.9 Å². The van der Waals surface area contributed by atoms with Crippen LogP contribution in [0.4, 0.5) is 0 Å². The van der Waals surface area contributed by atoms with Gasteiger partial charge in [0.05, 0.1) is 6.42 Å². The lowest BCUT2D eigenvalue weighted by atomic mass is 10.0. The first-order valence-electron chi connectivity index (χ1n) is 10.2. The van der Waals surface area contributed by atoms with Crippen LogP contribution >= 0.6 is 15.9 Å². The highest BCUT2D eigenvalue weighted by Crippen LogP contribution is 2.17. The summed E-state index contributed by atoms with van der Waals surface area (Å²) in [5, 5.41) is 2.96. The second-order valence-corrected chi connectivity index (χ2v) is 8.49. The van der Waals surface area contributed by atoms with Crippen molar-refractivity contribution in [3.05, 3.63) is 69.2 Å². The molecule has 0 saturated heterocycles. The Morgan fingerprint density at radius 3 is 2.45 bits per heavy atom. The molecule has 0 radical (unpaired) electrons. The molecule has 0 saturated carbocycles. The summed E-state index contributed by atoms with van der Waals surface area (Å²) in [7, 11) is 0. The van der Waals surface area contributed by atoms with Gasteiger partial charge >= 0.3 is 0 Å². The smallest absolute Gasteiger partial charge is 0.242 e. The topological polar surface area (TPSA) is 49.4 Å². The average molecular weight is 459 g/mol. The van der Waals surface area contributed by atoms with E-state index in [-0.39, 0.29) is 18.2 Å². The van der Waals surface area contributed by atoms with E-state index >= 15 is 0 Å². The molecule has 29 heavy (non-hydrogen) atoms. The summed E-state index contributed by atoms with van der Waals surface area (Å²) >= 11 is 3.44. The zero-order chi connectivity index (χ0) is 21.4. The molecule has 156 valence electrons. The third-order valence-electron chi connectivity index (χ3n) is 5.11. The molecule has 0 fully saturated rings. The fourth-order valence-electron chi connectivity index (χ4n) is 3.16. The summed E-state index contributed by atoms with van der Waals surface area (Å²) in [5.74, 6) is -0.148. The van der Waals surface area contributed by atoms with E-state index in [1.807, 2.05) is 50.2 Å². The first-order valence-corrected chi connectivity index (χ1v) is 11.0. The van der Waals surface area contributed by atoms with Gasteiger partial charge in [0.15, 0.2) is 0 Å². The molecule has 0 bridgehead atoms. The van der Waals surface area contributed by atoms with Crippen LogP contribution in [-0.2, 0) is 22.6 Å². The molecule has 1 atom stereocenters. The van der Waals surface area contributed by atoms with E-state index in [1.54, 1.807) is 11.8 Å². The standard InChI is InChI=1S/C24H31BrN2O2/c1-5-6-13-26-24(29)19(4)27(16-20-9-11-22(25)12-10-20)23(28)15-21-14-17(2)7-8-18(21)3/h7-12,14,19H,5-6,13,15-16H2,1-4H3,(H,26,29)/t19-/m1/s1. The lowest BCUT2D eigenvalue weighted by Crippen LogP contribution is -2.48. The van der Waals surface area contributed by atoms with Crippen LogP contribution in [-0.4, -0.2) is 29.3 Å². The first kappa shape index (κ1) is 23.1. The normalized spacial score (nSPS) is 11.8. The van der Waals surface area contributed by atoms with Gasteiger partial charge in [-0.2, -0.15) is 0 Å². The van der Waals surface area contributed by atoms with E-state index in [4.69, 9.17) is 0 Å². The molecule has 0 unspecified atom stereocenters. The summed E-state index contributed by atoms with van der Waals surface area (Å²) < 4.78 is 0.986. The van der Waals surface area contributed by atoms with Crippen molar-refractivity contribution in [1.82, 2.24) is 10.2 Å². The third kappa shape index (κ3) is 7.00. The van der Waals surface area contributed by atoms with Crippen LogP contribution < -0.4 is 5.32 Å². The molecule has 5 heteroatoms. The van der Waals surface area contributed by atoms with E-state index in [9.17, 15) is 9.59 Å². The first-order chi connectivity index (χ1) is 13.8. The number of hydrogen-bond donors (Lipinski definition) is 1. The Balaban J connectivity index is 2.22. The molecule has 0 aliphatic heterocycles. The molecule has 0 aromatic heterocycles. The van der Waals surface area contributed by atoms with Crippen molar-refractivity contribution < 1.29 is 9.59 Å². The Labute approximate surface area is 182 Å². The van der Waals surface area contributed by atoms with Gasteiger partial charge in [-0.1, -0.05) is 65.2 Å². The lowest BCUT2D eigenvalue weighted by Gasteiger charge is -2.29. The van der Waals surface area contributed by atoms with E-state index < -0.39 is 6.04 Å². The molecule has 1 N–H and O–H groups in total. The van der Waals surface area contributed by atoms with Crippen LogP contribution in [0.25, 0.3) is 0 Å². The third-order valence-corrected chi connectivity index (χ3v) is 5.64. The van der Waals surface area contributed by atoms with Crippen molar-refractivity contribution in [3.8, 4) is 0 Å². The van der Waals surface area contributed by atoms with Gasteiger partial charge in [0.25, 0.3) is 0 Å². The van der Waals surface area contributed by atoms with Crippen molar-refractivity contribution in [3.63, 3.8) is 0 Å². The Kier molecular flexibility index (Phi) is 8.90. The Morgan fingerprint density at radius 2 is 1.79 bits per heavy atom. The highest BCUT2D eigenvalue weighted by atomic mass is 79.9. The van der Waals surface area contributed by atoms with Gasteiger partial charge < -0.3 is 10.2 Å². The molecule has 4 nitrogen and oxygen atoms in total. The number of amides is 2. The second kappa shape index (κ2) is 11.1. The number of aryl methyl sites for hydroxylation is 2. The Bertz CT molecular complexity index is 833. The van der Waals surface area contributed by atoms with Gasteiger partial charge in [-0.3, -0.25) is 9.59 Å². The predicted molar refractivity (Wildman–Crippen MR) is 122 cm³/mol. The van der Waals surface area contributed by atoms with Gasteiger partial charge in [-0.25, -0.2) is 0 Å². The minimum absolute atomic E-state index is 0.0419. The SMILES string of the molecule is CCCCNC(=O)[C@@H](C)N(Cc1ccc(Br)cc1)C(=O)Cc1cc(C)ccc1C. The highest BCUT2D eigenvalue weighted by molar-refractivity contribution is 9.10. The number of nitrogens with zero attached hydrogens (tertiary/aromatic N) is 1. The number of unbranched alkanes of at least 4 members (excludes halogenated alkanes) is 1. The number of carbonyl (C=O) groups is 2. The van der Waals surface area contributed by atoms with Crippen LogP contribution in [0.1, 0.15) is 48.9 Å². The zero-order valence-corrected chi connectivity index (χ0v) is 19.4. The van der Waals surface area contributed by atoms with E-state index in [2.05, 4.69) is 34.2 Å². The summed E-state index contributed by atoms with van der Waals surface area (Å²) in [4.78, 5) is 27.6. The van der Waals surface area contributed by atoms with Gasteiger partial charge in [0.1, 0.15) is 6.04 Å². The molecular weight excluding hydrogens is 428 g/mol. The molecule has 2 aromatic rings. The van der Waals surface area contributed by atoms with Crippen molar-refractivity contribution in [1.29, 1.82) is 0 Å². The lowest BCUT2D eigenvalue weighted by molar-refractivity contribution is -0.140. The quantitative estimate of drug-likeness (QED) is 0.540. The predicted octanol–water partition coefficient (Wildman–Crippen LogP) is 4.94. The van der Waals surface area contributed by atoms with Crippen LogP contribution in [0, 0.1) is 13.8 Å². The molecule has 0 heterocycles. The monoisotopic (exact) mass is 458 g/mol. The van der Waals surface area contributed by atoms with Crippen molar-refractivity contribution in [2.75, 3.05) is 6.54 Å². The van der Waals surface area contributed by atoms with Crippen LogP contribution in [0.3, 0.4) is 0 Å². The van der Waals surface area contributed by atoms with Crippen molar-refractivity contribution >= 4 is 27.7 Å². The van der Waals surface area contributed by atoms with Gasteiger partial charge in [-0.15, -0.1) is 0 Å². The molecule has 2 aromatic carbocycles. The van der Waals surface area contributed by atoms with E-state index in [0.29, 0.717) is 13.1 Å². The number of halogens is 1.